The number of benzene rings is 2. The standard InChI is InChI=1S/C20H24N2/c1-14-10-16(13-18-5-3-9-22-20(14)18)11-15-6-7-19-17(12-15)4-2-8-21-19/h6-7,10,12-13,21-22H,2-5,8-9,11H2,1H3. The summed E-state index contributed by atoms with van der Waals surface area (Å²) in [6.07, 6.45) is 5.97. The molecule has 2 heteroatoms. The summed E-state index contributed by atoms with van der Waals surface area (Å²) in [6.45, 7) is 4.46. The van der Waals surface area contributed by atoms with Gasteiger partial charge in [-0.1, -0.05) is 24.3 Å². The average Bonchev–Trinajstić information content (AvgIpc) is 2.55. The summed E-state index contributed by atoms with van der Waals surface area (Å²) in [4.78, 5) is 0. The number of fused-ring (bicyclic) bond motifs is 2. The smallest absolute Gasteiger partial charge is 0.0402 e. The van der Waals surface area contributed by atoms with E-state index in [-0.39, 0.29) is 0 Å². The fourth-order valence-electron chi connectivity index (χ4n) is 3.86. The number of hydrogen-bond acceptors (Lipinski definition) is 2. The van der Waals surface area contributed by atoms with Gasteiger partial charge in [0.25, 0.3) is 0 Å². The van der Waals surface area contributed by atoms with Crippen LogP contribution in [-0.4, -0.2) is 13.1 Å². The first-order valence-corrected chi connectivity index (χ1v) is 8.51. The normalized spacial score (nSPS) is 16.2. The monoisotopic (exact) mass is 292 g/mol. The lowest BCUT2D eigenvalue weighted by molar-refractivity contribution is 0.823. The molecule has 0 bridgehead atoms. The molecule has 0 saturated heterocycles. The van der Waals surface area contributed by atoms with Crippen molar-refractivity contribution in [3.05, 3.63) is 58.1 Å². The van der Waals surface area contributed by atoms with E-state index in [1.54, 1.807) is 0 Å². The largest absolute Gasteiger partial charge is 0.385 e. The van der Waals surface area contributed by atoms with Crippen molar-refractivity contribution < 1.29 is 0 Å². The Kier molecular flexibility index (Phi) is 3.53. The minimum absolute atomic E-state index is 1.04. The maximum Gasteiger partial charge on any atom is 0.0402 e. The van der Waals surface area contributed by atoms with Gasteiger partial charge in [-0.25, -0.2) is 0 Å². The van der Waals surface area contributed by atoms with E-state index in [9.17, 15) is 0 Å². The summed E-state index contributed by atoms with van der Waals surface area (Å²) < 4.78 is 0. The molecule has 2 nitrogen and oxygen atoms in total. The molecular weight excluding hydrogens is 268 g/mol. The first-order valence-electron chi connectivity index (χ1n) is 8.51. The molecule has 0 radical (unpaired) electrons. The Morgan fingerprint density at radius 3 is 2.55 bits per heavy atom. The lowest BCUT2D eigenvalue weighted by Gasteiger charge is -2.22. The number of rotatable bonds is 2. The van der Waals surface area contributed by atoms with Crippen LogP contribution in [0.5, 0.6) is 0 Å². The molecule has 2 aromatic carbocycles. The molecule has 0 spiro atoms. The first-order chi connectivity index (χ1) is 10.8. The number of aryl methyl sites for hydroxylation is 3. The lowest BCUT2D eigenvalue weighted by atomic mass is 9.93. The van der Waals surface area contributed by atoms with Gasteiger partial charge in [0.05, 0.1) is 0 Å². The number of anilines is 2. The van der Waals surface area contributed by atoms with E-state index in [0.29, 0.717) is 0 Å². The van der Waals surface area contributed by atoms with Gasteiger partial charge in [0.1, 0.15) is 0 Å². The van der Waals surface area contributed by atoms with Gasteiger partial charge in [-0.05, 0) is 72.9 Å². The van der Waals surface area contributed by atoms with Gasteiger partial charge in [0, 0.05) is 24.5 Å². The molecule has 0 aromatic heterocycles. The molecule has 0 amide bonds. The summed E-state index contributed by atoms with van der Waals surface area (Å²) in [6, 6.07) is 11.7. The summed E-state index contributed by atoms with van der Waals surface area (Å²) in [5, 5.41) is 7.05. The third-order valence-corrected chi connectivity index (χ3v) is 4.92. The Morgan fingerprint density at radius 2 is 1.64 bits per heavy atom. The van der Waals surface area contributed by atoms with Gasteiger partial charge in [-0.2, -0.15) is 0 Å². The van der Waals surface area contributed by atoms with E-state index in [1.807, 2.05) is 0 Å². The topological polar surface area (TPSA) is 24.1 Å². The van der Waals surface area contributed by atoms with Crippen molar-refractivity contribution in [2.45, 2.75) is 39.0 Å². The van der Waals surface area contributed by atoms with E-state index in [2.05, 4.69) is 47.9 Å². The first kappa shape index (κ1) is 13.7. The Balaban J connectivity index is 1.62. The maximum absolute atomic E-state index is 3.55. The molecule has 4 rings (SSSR count). The van der Waals surface area contributed by atoms with E-state index in [1.165, 1.54) is 64.9 Å². The molecule has 2 aliphatic rings. The lowest BCUT2D eigenvalue weighted by Crippen LogP contribution is -2.13. The van der Waals surface area contributed by atoms with Crippen molar-refractivity contribution in [3.8, 4) is 0 Å². The minimum atomic E-state index is 1.04. The van der Waals surface area contributed by atoms with Gasteiger partial charge in [-0.15, -0.1) is 0 Å². The van der Waals surface area contributed by atoms with Crippen molar-refractivity contribution in [2.24, 2.45) is 0 Å². The molecule has 0 atom stereocenters. The van der Waals surface area contributed by atoms with Crippen LogP contribution >= 0.6 is 0 Å². The van der Waals surface area contributed by atoms with Gasteiger partial charge in [0.15, 0.2) is 0 Å². The van der Waals surface area contributed by atoms with Crippen LogP contribution in [-0.2, 0) is 19.3 Å². The zero-order valence-electron chi connectivity index (χ0n) is 13.3. The molecule has 0 unspecified atom stereocenters. The van der Waals surface area contributed by atoms with E-state index < -0.39 is 0 Å². The zero-order valence-corrected chi connectivity index (χ0v) is 13.3. The molecule has 2 N–H and O–H groups in total. The quantitative estimate of drug-likeness (QED) is 0.862. The molecular formula is C20H24N2. The second-order valence-electron chi connectivity index (χ2n) is 6.68. The Labute approximate surface area is 132 Å². The predicted octanol–water partition coefficient (Wildman–Crippen LogP) is 4.30. The second-order valence-corrected chi connectivity index (χ2v) is 6.68. The molecule has 22 heavy (non-hydrogen) atoms. The fraction of sp³-hybridized carbons (Fsp3) is 0.400. The van der Waals surface area contributed by atoms with Crippen molar-refractivity contribution in [1.82, 2.24) is 0 Å². The van der Waals surface area contributed by atoms with Crippen LogP contribution in [0.4, 0.5) is 11.4 Å². The van der Waals surface area contributed by atoms with Crippen molar-refractivity contribution in [2.75, 3.05) is 23.7 Å². The summed E-state index contributed by atoms with van der Waals surface area (Å²) in [5.74, 6) is 0. The minimum Gasteiger partial charge on any atom is -0.385 e. The Bertz CT molecular complexity index is 703. The van der Waals surface area contributed by atoms with Crippen LogP contribution in [0.1, 0.15) is 40.7 Å². The van der Waals surface area contributed by atoms with Crippen molar-refractivity contribution in [3.63, 3.8) is 0 Å². The molecule has 2 heterocycles. The highest BCUT2D eigenvalue weighted by Crippen LogP contribution is 2.29. The molecule has 2 aromatic rings. The highest BCUT2D eigenvalue weighted by atomic mass is 14.9. The summed E-state index contributed by atoms with van der Waals surface area (Å²) in [7, 11) is 0. The maximum atomic E-state index is 3.55. The van der Waals surface area contributed by atoms with Crippen molar-refractivity contribution in [1.29, 1.82) is 0 Å². The third kappa shape index (κ3) is 2.58. The van der Waals surface area contributed by atoms with E-state index in [0.717, 1.165) is 19.5 Å². The van der Waals surface area contributed by atoms with Crippen LogP contribution in [0.3, 0.4) is 0 Å². The molecule has 114 valence electrons. The molecule has 2 aliphatic heterocycles. The Morgan fingerprint density at radius 1 is 0.864 bits per heavy atom. The van der Waals surface area contributed by atoms with Gasteiger partial charge in [0.2, 0.25) is 0 Å². The zero-order chi connectivity index (χ0) is 14.9. The Hall–Kier alpha value is -1.96. The summed E-state index contributed by atoms with van der Waals surface area (Å²) >= 11 is 0. The highest BCUT2D eigenvalue weighted by Gasteiger charge is 2.13. The number of nitrogens with one attached hydrogen (secondary N) is 2. The van der Waals surface area contributed by atoms with Crippen LogP contribution in [0.25, 0.3) is 0 Å². The van der Waals surface area contributed by atoms with Gasteiger partial charge >= 0.3 is 0 Å². The third-order valence-electron chi connectivity index (χ3n) is 4.92. The van der Waals surface area contributed by atoms with Crippen LogP contribution in [0, 0.1) is 6.92 Å². The average molecular weight is 292 g/mol. The van der Waals surface area contributed by atoms with E-state index >= 15 is 0 Å². The van der Waals surface area contributed by atoms with Crippen LogP contribution in [0.15, 0.2) is 30.3 Å². The van der Waals surface area contributed by atoms with Crippen LogP contribution < -0.4 is 10.6 Å². The molecule has 0 saturated carbocycles. The van der Waals surface area contributed by atoms with Gasteiger partial charge in [-0.3, -0.25) is 0 Å². The van der Waals surface area contributed by atoms with E-state index in [4.69, 9.17) is 0 Å². The van der Waals surface area contributed by atoms with Gasteiger partial charge < -0.3 is 10.6 Å². The molecule has 0 aliphatic carbocycles. The SMILES string of the molecule is Cc1cc(Cc2ccc3c(c2)CCCN3)cc2c1NCCC2. The number of hydrogen-bond donors (Lipinski definition) is 2. The predicted molar refractivity (Wildman–Crippen MR) is 94.0 cm³/mol. The van der Waals surface area contributed by atoms with Crippen molar-refractivity contribution >= 4 is 11.4 Å². The summed E-state index contributed by atoms with van der Waals surface area (Å²) in [5.41, 5.74) is 9.98. The fourth-order valence-corrected chi connectivity index (χ4v) is 3.86. The highest BCUT2D eigenvalue weighted by molar-refractivity contribution is 5.61. The van der Waals surface area contributed by atoms with Crippen LogP contribution in [0.2, 0.25) is 0 Å². The molecule has 0 fully saturated rings. The second kappa shape index (κ2) is 5.68.